The number of allylic oxidation sites excluding steroid dienone is 1. The fourth-order valence-electron chi connectivity index (χ4n) is 21.1. The summed E-state index contributed by atoms with van der Waals surface area (Å²) >= 11 is 1.72. The van der Waals surface area contributed by atoms with Crippen molar-refractivity contribution in [2.24, 2.45) is 33.5 Å². The minimum Gasteiger partial charge on any atom is -0.464 e. The van der Waals surface area contributed by atoms with E-state index in [1.54, 1.807) is 51.0 Å². The molecule has 144 heavy (non-hydrogen) atoms. The van der Waals surface area contributed by atoms with Gasteiger partial charge < -0.3 is 29.4 Å². The number of nitrogens with one attached hydrogen (secondary N) is 3. The maximum atomic E-state index is 5.77. The van der Waals surface area contributed by atoms with Crippen molar-refractivity contribution in [3.8, 4) is 5.75 Å². The molecule has 2 bridgehead atoms. The van der Waals surface area contributed by atoms with E-state index in [1.165, 1.54) is 200 Å². The van der Waals surface area contributed by atoms with Gasteiger partial charge in [-0.2, -0.15) is 5.10 Å². The minimum absolute atomic E-state index is 0.0214. The van der Waals surface area contributed by atoms with E-state index in [1.807, 2.05) is 60.5 Å². The van der Waals surface area contributed by atoms with Gasteiger partial charge in [0.25, 0.3) is 0 Å². The number of ether oxygens (including phenoxy) is 3. The Morgan fingerprint density at radius 1 is 0.479 bits per heavy atom. The quantitative estimate of drug-likeness (QED) is 0.154. The van der Waals surface area contributed by atoms with Gasteiger partial charge in [-0.15, -0.1) is 11.3 Å². The molecule has 0 spiro atoms. The van der Waals surface area contributed by atoms with E-state index in [-0.39, 0.29) is 33.4 Å². The van der Waals surface area contributed by atoms with E-state index in [4.69, 9.17) is 14.2 Å². The molecule has 11 aromatic rings. The number of hydrogen-bond acceptors (Lipinski definition) is 11. The first kappa shape index (κ1) is 117. The van der Waals surface area contributed by atoms with Crippen LogP contribution in [0.4, 0.5) is 5.69 Å². The molecule has 4 aromatic heterocycles. The Balaban J connectivity index is 0.000000162. The van der Waals surface area contributed by atoms with E-state index in [0.29, 0.717) is 51.9 Å². The molecule has 4 saturated heterocycles. The Morgan fingerprint density at radius 2 is 1.12 bits per heavy atom. The normalized spacial score (nSPS) is 19.1. The summed E-state index contributed by atoms with van der Waals surface area (Å²) in [6, 6.07) is 58.0. The number of rotatable bonds is 2. The molecule has 3 atom stereocenters. The summed E-state index contributed by atoms with van der Waals surface area (Å²) in [4.78, 5) is 19.5. The summed E-state index contributed by atoms with van der Waals surface area (Å²) in [7, 11) is 0. The number of hydrogen-bond donors (Lipinski definition) is 3. The predicted molar refractivity (Wildman–Crippen MR) is 622 cm³/mol. The lowest BCUT2D eigenvalue weighted by Crippen LogP contribution is -2.56. The van der Waals surface area contributed by atoms with Crippen LogP contribution in [0.15, 0.2) is 200 Å². The number of H-pyrrole nitrogens is 2. The Hall–Kier alpha value is -8.53. The second-order valence-electron chi connectivity index (χ2n) is 53.1. The van der Waals surface area contributed by atoms with Crippen molar-refractivity contribution in [2.45, 2.75) is 420 Å². The fraction of sp³-hybridized carbons (Fsp3) is 0.580. The standard InChI is InChI=1S/C16H23N.C13H15N.C13H19N.C13H18.C12H16O2.C12H14.C11H21N.C11H13N.C8H17N.C8H16O.C7H12N2.C7H11NS/c1-16(2,3)14-9-8-12-6-4-10-17-11-5-7-13(14)15(12)17;1-13(2,3)12-6-4-5-10-9-14-8-7-11(10)12;1-13(2,3)14-9-8-11-6-4-5-7-12(11)10-14;1-13(2,3)12-8-10-6-4-5-7-11(10)9-12;1-12(2,3)11-13-8-9-6-4-5-7-10(9)14-11;1-9(2)11-7-6-10-4-3-5-12(10)8-11;1-11(2,3)12-8-9-4-6-10(12)7-5-9;1-8(2)9-4-3-5-11-10(9)6-7-12-11;2*1-8(2,3)7-5-4-6-9-7;1-7(2,3)6-4-5-8-9-6;1-7(2,3)6-8-4-5-9-6/h8-9H,4-7,10-11H2,1-3H3;4-9H,1-3H3;4-7H,8-10H2,1-3H3;4-7,12H,8-9H2,1-3H3;4-7,11H,8H2,1-3H3;3,5-9H,4H2,1-2H3;9-10H,4-8H2,1-3H3;3-8,12H,1-2H3;7,9H,4-6H2,1-3H3;7H,4-6H2,1-3H3;4-5H,1-3H3,(H,8,9);4-5H,1-3H3. The highest BCUT2D eigenvalue weighted by Gasteiger charge is 2.40. The molecule has 13 heteroatoms. The fourth-order valence-corrected chi connectivity index (χ4v) is 21.8. The van der Waals surface area contributed by atoms with Crippen LogP contribution < -0.4 is 15.0 Å². The molecule has 788 valence electrons. The molecule has 0 radical (unpaired) electrons. The zero-order chi connectivity index (χ0) is 106. The van der Waals surface area contributed by atoms with Gasteiger partial charge in [0.15, 0.2) is 0 Å². The summed E-state index contributed by atoms with van der Waals surface area (Å²) in [6.07, 6.45) is 35.5. The zero-order valence-electron chi connectivity index (χ0n) is 96.5. The number of benzene rings is 7. The average Bonchev–Trinajstić information content (AvgIpc) is 0.804. The van der Waals surface area contributed by atoms with Crippen molar-refractivity contribution in [1.82, 2.24) is 40.3 Å². The molecule has 3 aliphatic carbocycles. The highest BCUT2D eigenvalue weighted by atomic mass is 32.1. The maximum absolute atomic E-state index is 5.77. The van der Waals surface area contributed by atoms with Crippen LogP contribution in [0.1, 0.15) is 394 Å². The highest BCUT2D eigenvalue weighted by molar-refractivity contribution is 7.09. The van der Waals surface area contributed by atoms with Crippen LogP contribution in [0.25, 0.3) is 27.8 Å². The topological polar surface area (TPSA) is 120 Å². The molecule has 1 saturated carbocycles. The first-order chi connectivity index (χ1) is 67.4. The van der Waals surface area contributed by atoms with Crippen molar-refractivity contribution in [1.29, 1.82) is 0 Å². The van der Waals surface area contributed by atoms with Crippen LogP contribution in [0.5, 0.6) is 5.75 Å². The summed E-state index contributed by atoms with van der Waals surface area (Å²) in [5, 5.41) is 17.4. The Bertz CT molecular complexity index is 5510. The van der Waals surface area contributed by atoms with Gasteiger partial charge in [-0.3, -0.25) is 19.9 Å². The Kier molecular flexibility index (Phi) is 42.1. The lowest BCUT2D eigenvalue weighted by Gasteiger charge is -2.51. The number of anilines is 1. The number of aromatic amines is 2. The predicted octanol–water partition coefficient (Wildman–Crippen LogP) is 33.9. The van der Waals surface area contributed by atoms with Gasteiger partial charge in [0, 0.05) is 148 Å². The SMILES string of the molecule is CC(C)(C)C1CCCN1.CC(C)(C)C1CCCO1.CC(C)(C)C1Cc2ccccc2C1.CC(C)(C)C1OCc2ccccc2O1.CC(C)(C)N1CC2CCC1CC2.CC(C)(C)N1CCc2ccccc2C1.CC(C)(C)c1ccc2c3c1CCCN3CCC2.CC(C)(C)c1cccc2cnccc12.CC(C)(C)c1ccn[nH]1.CC(C)(C)c1nccs1.CC(C)c1ccc2c(c1)C=CC2.CC(C)c1cccc2[nH]ccc12. The summed E-state index contributed by atoms with van der Waals surface area (Å²) in [5.74, 6) is 4.06. The highest BCUT2D eigenvalue weighted by Crippen LogP contribution is 2.44. The van der Waals surface area contributed by atoms with Crippen molar-refractivity contribution in [2.75, 3.05) is 44.2 Å². The third kappa shape index (κ3) is 35.3. The molecule has 3 unspecified atom stereocenters. The summed E-state index contributed by atoms with van der Waals surface area (Å²) in [6.45, 7) is 85.7. The van der Waals surface area contributed by atoms with Crippen LogP contribution in [0.3, 0.4) is 0 Å². The number of aryl methyl sites for hydroxylation is 1. The van der Waals surface area contributed by atoms with Crippen LogP contribution in [-0.2, 0) is 82.8 Å². The van der Waals surface area contributed by atoms with Gasteiger partial charge in [0.1, 0.15) is 5.75 Å². The second-order valence-corrected chi connectivity index (χ2v) is 54.0. The van der Waals surface area contributed by atoms with E-state index >= 15 is 0 Å². The molecule has 0 amide bonds. The lowest BCUT2D eigenvalue weighted by molar-refractivity contribution is -0.163. The Labute approximate surface area is 880 Å². The number of nitrogens with zero attached hydrogens (tertiary/aromatic N) is 6. The minimum atomic E-state index is -0.141. The molecular formula is C131H195N9O3S. The molecule has 7 aromatic carbocycles. The Morgan fingerprint density at radius 3 is 1.62 bits per heavy atom. The van der Waals surface area contributed by atoms with Crippen molar-refractivity contribution >= 4 is 44.8 Å². The number of fused-ring (bicyclic) bond motifs is 9. The van der Waals surface area contributed by atoms with Crippen molar-refractivity contribution < 1.29 is 14.2 Å². The lowest BCUT2D eigenvalue weighted by atomic mass is 9.78. The van der Waals surface area contributed by atoms with Crippen LogP contribution in [-0.4, -0.2) is 110 Å². The molecule has 22 rings (SSSR count). The third-order valence-electron chi connectivity index (χ3n) is 30.0. The first-order valence-corrected chi connectivity index (χ1v) is 56.2. The molecule has 5 fully saturated rings. The van der Waals surface area contributed by atoms with Gasteiger partial charge >= 0.3 is 0 Å². The van der Waals surface area contributed by atoms with Crippen molar-refractivity contribution in [3.05, 3.63) is 283 Å². The monoisotopic (exact) mass is 1970 g/mol. The van der Waals surface area contributed by atoms with Crippen LogP contribution in [0, 0.1) is 33.5 Å². The number of piperidine rings is 2. The molecule has 3 N–H and O–H groups in total. The van der Waals surface area contributed by atoms with E-state index in [9.17, 15) is 0 Å². The van der Waals surface area contributed by atoms with E-state index in [2.05, 4.69) is 420 Å². The number of para-hydroxylation sites is 1. The molecular weight excluding hydrogens is 1780 g/mol. The van der Waals surface area contributed by atoms with Crippen LogP contribution >= 0.6 is 11.3 Å². The van der Waals surface area contributed by atoms with Gasteiger partial charge in [-0.25, -0.2) is 4.98 Å². The number of aromatic nitrogens is 5. The molecule has 12 heterocycles. The third-order valence-corrected chi connectivity index (χ3v) is 31.2. The van der Waals surface area contributed by atoms with Gasteiger partial charge in [0.2, 0.25) is 6.29 Å². The molecule has 11 aliphatic rings. The van der Waals surface area contributed by atoms with Crippen molar-refractivity contribution in [3.63, 3.8) is 0 Å². The first-order valence-electron chi connectivity index (χ1n) is 55.3. The number of thiazole rings is 1. The second kappa shape index (κ2) is 51.6. The molecule has 8 aliphatic heterocycles. The maximum Gasteiger partial charge on any atom is 0.205 e. The molecule has 12 nitrogen and oxygen atoms in total. The smallest absolute Gasteiger partial charge is 0.205 e. The summed E-state index contributed by atoms with van der Waals surface area (Å²) < 4.78 is 16.9. The average molecular weight is 1980 g/mol. The number of pyridine rings is 1. The van der Waals surface area contributed by atoms with Crippen LogP contribution in [0.2, 0.25) is 0 Å². The van der Waals surface area contributed by atoms with Gasteiger partial charge in [0.05, 0.1) is 17.7 Å². The summed E-state index contributed by atoms with van der Waals surface area (Å²) in [5.41, 5.74) is 26.2. The zero-order valence-corrected chi connectivity index (χ0v) is 97.4. The largest absolute Gasteiger partial charge is 0.464 e. The van der Waals surface area contributed by atoms with E-state index < -0.39 is 0 Å². The van der Waals surface area contributed by atoms with Gasteiger partial charge in [-0.1, -0.05) is 333 Å². The van der Waals surface area contributed by atoms with E-state index in [0.717, 1.165) is 54.8 Å². The van der Waals surface area contributed by atoms with Gasteiger partial charge in [-0.05, 0) is 304 Å².